The van der Waals surface area contributed by atoms with Gasteiger partial charge in [-0.2, -0.15) is 0 Å². The van der Waals surface area contributed by atoms with Crippen LogP contribution in [0.3, 0.4) is 0 Å². The number of rotatable bonds is 7. The van der Waals surface area contributed by atoms with Crippen LogP contribution in [-0.2, 0) is 4.79 Å². The van der Waals surface area contributed by atoms with Gasteiger partial charge >= 0.3 is 0 Å². The predicted molar refractivity (Wildman–Crippen MR) is 89.9 cm³/mol. The van der Waals surface area contributed by atoms with E-state index in [1.54, 1.807) is 13.1 Å². The summed E-state index contributed by atoms with van der Waals surface area (Å²) in [6.07, 6.45) is 1.62. The quantitative estimate of drug-likeness (QED) is 0.786. The molecule has 0 radical (unpaired) electrons. The van der Waals surface area contributed by atoms with Crippen molar-refractivity contribution in [2.45, 2.75) is 45.7 Å². The van der Waals surface area contributed by atoms with Crippen molar-refractivity contribution in [1.29, 1.82) is 0 Å². The van der Waals surface area contributed by atoms with Crippen LogP contribution in [0, 0.1) is 5.92 Å². The first-order valence-electron chi connectivity index (χ1n) is 7.31. The molecular weight excluding hydrogens is 307 g/mol. The van der Waals surface area contributed by atoms with Crippen LogP contribution in [0.25, 0.3) is 0 Å². The van der Waals surface area contributed by atoms with E-state index in [1.807, 2.05) is 12.1 Å². The van der Waals surface area contributed by atoms with Gasteiger partial charge in [-0.25, -0.2) is 0 Å². The number of carbonyl (C=O) groups excluding carboxylic acids is 1. The Bertz CT molecular complexity index is 477. The highest BCUT2D eigenvalue weighted by atomic mass is 35.5. The molecule has 2 unspecified atom stereocenters. The highest BCUT2D eigenvalue weighted by molar-refractivity contribution is 6.35. The molecule has 0 aliphatic carbocycles. The first-order chi connectivity index (χ1) is 9.88. The van der Waals surface area contributed by atoms with Crippen LogP contribution in [0.1, 0.15) is 45.2 Å². The van der Waals surface area contributed by atoms with Crippen LogP contribution in [0.4, 0.5) is 0 Å². The van der Waals surface area contributed by atoms with Crippen molar-refractivity contribution in [1.82, 2.24) is 10.6 Å². The van der Waals surface area contributed by atoms with Gasteiger partial charge in [-0.3, -0.25) is 10.1 Å². The van der Waals surface area contributed by atoms with Crippen molar-refractivity contribution in [2.75, 3.05) is 7.05 Å². The normalized spacial score (nSPS) is 14.0. The molecule has 3 nitrogen and oxygen atoms in total. The molecular formula is C16H24Cl2N2O. The topological polar surface area (TPSA) is 41.1 Å². The number of nitrogens with one attached hydrogen (secondary N) is 2. The van der Waals surface area contributed by atoms with Crippen LogP contribution in [-0.4, -0.2) is 19.0 Å². The van der Waals surface area contributed by atoms with Crippen molar-refractivity contribution < 1.29 is 4.79 Å². The molecule has 0 aliphatic heterocycles. The fourth-order valence-corrected chi connectivity index (χ4v) is 2.89. The SMILES string of the molecule is CCC(NC(CC(C)C)C(=O)NC)c1ccc(Cl)cc1Cl. The zero-order chi connectivity index (χ0) is 16.0. The average Bonchev–Trinajstić information content (AvgIpc) is 2.42. The Morgan fingerprint density at radius 1 is 1.29 bits per heavy atom. The van der Waals surface area contributed by atoms with Crippen molar-refractivity contribution in [3.63, 3.8) is 0 Å². The van der Waals surface area contributed by atoms with E-state index in [0.29, 0.717) is 16.0 Å². The summed E-state index contributed by atoms with van der Waals surface area (Å²) in [7, 11) is 1.66. The number of hydrogen-bond donors (Lipinski definition) is 2. The van der Waals surface area contributed by atoms with Gasteiger partial charge in [-0.05, 0) is 36.5 Å². The minimum atomic E-state index is -0.230. The van der Waals surface area contributed by atoms with Gasteiger partial charge in [0.25, 0.3) is 0 Å². The van der Waals surface area contributed by atoms with Gasteiger partial charge < -0.3 is 5.32 Å². The van der Waals surface area contributed by atoms with Crippen LogP contribution in [0.2, 0.25) is 10.0 Å². The minimum absolute atomic E-state index is 0.00670. The predicted octanol–water partition coefficient (Wildman–Crippen LogP) is 4.19. The van der Waals surface area contributed by atoms with Crippen LogP contribution < -0.4 is 10.6 Å². The third kappa shape index (κ3) is 5.50. The summed E-state index contributed by atoms with van der Waals surface area (Å²) in [6.45, 7) is 6.28. The number of hydrogen-bond acceptors (Lipinski definition) is 2. The lowest BCUT2D eigenvalue weighted by molar-refractivity contribution is -0.123. The summed E-state index contributed by atoms with van der Waals surface area (Å²) in [4.78, 5) is 12.0. The molecule has 0 aromatic heterocycles. The Morgan fingerprint density at radius 2 is 1.95 bits per heavy atom. The largest absolute Gasteiger partial charge is 0.358 e. The van der Waals surface area contributed by atoms with E-state index in [0.717, 1.165) is 18.4 Å². The molecule has 2 N–H and O–H groups in total. The van der Waals surface area contributed by atoms with E-state index in [9.17, 15) is 4.79 Å². The smallest absolute Gasteiger partial charge is 0.236 e. The second-order valence-corrected chi connectivity index (χ2v) is 6.43. The van der Waals surface area contributed by atoms with E-state index < -0.39 is 0 Å². The molecule has 0 bridgehead atoms. The molecule has 0 spiro atoms. The Morgan fingerprint density at radius 3 is 2.43 bits per heavy atom. The summed E-state index contributed by atoms with van der Waals surface area (Å²) in [5, 5.41) is 7.38. The number of carbonyl (C=O) groups is 1. The summed E-state index contributed by atoms with van der Waals surface area (Å²) < 4.78 is 0. The zero-order valence-corrected chi connectivity index (χ0v) is 14.6. The molecule has 1 aromatic carbocycles. The number of likely N-dealkylation sites (N-methyl/N-ethyl adjacent to an activating group) is 1. The summed E-state index contributed by atoms with van der Waals surface area (Å²) >= 11 is 12.2. The van der Waals surface area contributed by atoms with E-state index in [2.05, 4.69) is 31.4 Å². The summed E-state index contributed by atoms with van der Waals surface area (Å²) in [5.41, 5.74) is 0.973. The summed E-state index contributed by atoms with van der Waals surface area (Å²) in [5.74, 6) is 0.435. The van der Waals surface area contributed by atoms with Gasteiger partial charge in [-0.1, -0.05) is 50.0 Å². The lowest BCUT2D eigenvalue weighted by Crippen LogP contribution is -2.45. The fraction of sp³-hybridized carbons (Fsp3) is 0.562. The fourth-order valence-electron chi connectivity index (χ4n) is 2.35. The Hall–Kier alpha value is -0.770. The van der Waals surface area contributed by atoms with E-state index in [4.69, 9.17) is 23.2 Å². The van der Waals surface area contributed by atoms with E-state index in [-0.39, 0.29) is 18.0 Å². The molecule has 21 heavy (non-hydrogen) atoms. The van der Waals surface area contributed by atoms with Crippen molar-refractivity contribution >= 4 is 29.1 Å². The molecule has 1 aromatic rings. The highest BCUT2D eigenvalue weighted by Gasteiger charge is 2.23. The summed E-state index contributed by atoms with van der Waals surface area (Å²) in [6, 6.07) is 5.27. The maximum Gasteiger partial charge on any atom is 0.236 e. The molecule has 1 amide bonds. The number of halogens is 2. The molecule has 0 heterocycles. The third-order valence-corrected chi connectivity index (χ3v) is 3.98. The van der Waals surface area contributed by atoms with Crippen molar-refractivity contribution in [3.05, 3.63) is 33.8 Å². The minimum Gasteiger partial charge on any atom is -0.358 e. The Labute approximate surface area is 137 Å². The maximum atomic E-state index is 12.0. The molecule has 0 fully saturated rings. The van der Waals surface area contributed by atoms with Gasteiger partial charge in [0, 0.05) is 23.1 Å². The van der Waals surface area contributed by atoms with E-state index in [1.165, 1.54) is 0 Å². The van der Waals surface area contributed by atoms with Crippen molar-refractivity contribution in [2.24, 2.45) is 5.92 Å². The highest BCUT2D eigenvalue weighted by Crippen LogP contribution is 2.28. The molecule has 0 saturated heterocycles. The lowest BCUT2D eigenvalue weighted by atomic mass is 9.98. The van der Waals surface area contributed by atoms with Crippen LogP contribution in [0.5, 0.6) is 0 Å². The Balaban J connectivity index is 2.94. The van der Waals surface area contributed by atoms with Gasteiger partial charge in [0.1, 0.15) is 0 Å². The second-order valence-electron chi connectivity index (χ2n) is 5.59. The molecule has 5 heteroatoms. The van der Waals surface area contributed by atoms with Gasteiger partial charge in [0.15, 0.2) is 0 Å². The van der Waals surface area contributed by atoms with Gasteiger partial charge in [0.05, 0.1) is 6.04 Å². The van der Waals surface area contributed by atoms with Gasteiger partial charge in [-0.15, -0.1) is 0 Å². The Kier molecular flexibility index (Phi) is 7.50. The van der Waals surface area contributed by atoms with Gasteiger partial charge in [0.2, 0.25) is 5.91 Å². The molecule has 118 valence electrons. The van der Waals surface area contributed by atoms with E-state index >= 15 is 0 Å². The third-order valence-electron chi connectivity index (χ3n) is 3.42. The lowest BCUT2D eigenvalue weighted by Gasteiger charge is -2.26. The first kappa shape index (κ1) is 18.3. The maximum absolute atomic E-state index is 12.0. The molecule has 0 aliphatic rings. The van der Waals surface area contributed by atoms with Crippen molar-refractivity contribution in [3.8, 4) is 0 Å². The van der Waals surface area contributed by atoms with Crippen LogP contribution >= 0.6 is 23.2 Å². The number of benzene rings is 1. The first-order valence-corrected chi connectivity index (χ1v) is 8.07. The second kappa shape index (κ2) is 8.62. The monoisotopic (exact) mass is 330 g/mol. The molecule has 2 atom stereocenters. The number of amides is 1. The standard InChI is InChI=1S/C16H24Cl2N2O/c1-5-14(12-7-6-11(17)9-13(12)18)20-15(8-10(2)3)16(21)19-4/h6-7,9-10,14-15,20H,5,8H2,1-4H3,(H,19,21). The average molecular weight is 331 g/mol. The molecule has 0 saturated carbocycles. The zero-order valence-electron chi connectivity index (χ0n) is 13.0. The molecule has 1 rings (SSSR count). The van der Waals surface area contributed by atoms with Crippen LogP contribution in [0.15, 0.2) is 18.2 Å².